The molecule has 0 unspecified atom stereocenters. The van der Waals surface area contributed by atoms with E-state index < -0.39 is 0 Å². The normalized spacial score (nSPS) is 16.7. The second-order valence-electron chi connectivity index (χ2n) is 9.71. The smallest absolute Gasteiger partial charge is 0.251 e. The van der Waals surface area contributed by atoms with E-state index in [9.17, 15) is 4.79 Å². The molecule has 1 saturated heterocycles. The number of piperidine rings is 1. The molecule has 176 valence electrons. The predicted molar refractivity (Wildman–Crippen MR) is 137 cm³/mol. The van der Waals surface area contributed by atoms with Gasteiger partial charge in [-0.1, -0.05) is 67.1 Å². The van der Waals surface area contributed by atoms with E-state index in [0.717, 1.165) is 38.2 Å². The van der Waals surface area contributed by atoms with Crippen molar-refractivity contribution < 1.29 is 4.79 Å². The first-order chi connectivity index (χ1) is 16.7. The molecule has 0 aromatic heterocycles. The fraction of sp³-hybridized carbons (Fsp3) is 0.367. The number of hydrogen-bond acceptors (Lipinski definition) is 3. The molecule has 0 atom stereocenters. The lowest BCUT2D eigenvalue weighted by molar-refractivity contribution is 0.0950. The molecule has 4 heteroatoms. The minimum absolute atomic E-state index is 0.00812. The van der Waals surface area contributed by atoms with E-state index in [2.05, 4.69) is 75.8 Å². The van der Waals surface area contributed by atoms with Gasteiger partial charge in [-0.2, -0.15) is 0 Å². The highest BCUT2D eigenvalue weighted by atomic mass is 16.1. The zero-order chi connectivity index (χ0) is 23.2. The van der Waals surface area contributed by atoms with Crippen LogP contribution in [-0.4, -0.2) is 35.3 Å². The van der Waals surface area contributed by atoms with E-state index in [1.165, 1.54) is 60.2 Å². The summed E-state index contributed by atoms with van der Waals surface area (Å²) in [6.07, 6.45) is 5.04. The molecule has 2 aliphatic rings. The van der Waals surface area contributed by atoms with Gasteiger partial charge in [0, 0.05) is 38.3 Å². The topological polar surface area (TPSA) is 35.6 Å². The van der Waals surface area contributed by atoms with Gasteiger partial charge >= 0.3 is 0 Å². The lowest BCUT2D eigenvalue weighted by Crippen LogP contribution is -2.30. The first-order valence-electron chi connectivity index (χ1n) is 12.7. The van der Waals surface area contributed by atoms with Gasteiger partial charge in [0.25, 0.3) is 5.91 Å². The molecule has 2 heterocycles. The number of hydrogen-bond donors (Lipinski definition) is 1. The van der Waals surface area contributed by atoms with Crippen LogP contribution < -0.4 is 5.32 Å². The summed E-state index contributed by atoms with van der Waals surface area (Å²) in [6.45, 7) is 6.89. The lowest BCUT2D eigenvalue weighted by atomic mass is 9.99. The van der Waals surface area contributed by atoms with Gasteiger partial charge in [-0.05, 0) is 72.3 Å². The van der Waals surface area contributed by atoms with E-state index in [1.807, 2.05) is 12.1 Å². The van der Waals surface area contributed by atoms with Crippen molar-refractivity contribution in [2.75, 3.05) is 19.6 Å². The minimum Gasteiger partial charge on any atom is -0.348 e. The molecule has 1 amide bonds. The molecular weight excluding hydrogens is 418 g/mol. The molecule has 3 aromatic carbocycles. The summed E-state index contributed by atoms with van der Waals surface area (Å²) in [6, 6.07) is 25.4. The van der Waals surface area contributed by atoms with E-state index in [-0.39, 0.29) is 5.91 Å². The van der Waals surface area contributed by atoms with Crippen molar-refractivity contribution >= 4 is 5.91 Å². The zero-order valence-electron chi connectivity index (χ0n) is 20.0. The molecule has 5 rings (SSSR count). The largest absolute Gasteiger partial charge is 0.348 e. The summed E-state index contributed by atoms with van der Waals surface area (Å²) < 4.78 is 0. The minimum atomic E-state index is -0.00812. The summed E-state index contributed by atoms with van der Waals surface area (Å²) in [7, 11) is 0. The van der Waals surface area contributed by atoms with E-state index >= 15 is 0 Å². The van der Waals surface area contributed by atoms with Crippen LogP contribution in [0.4, 0.5) is 0 Å². The van der Waals surface area contributed by atoms with Crippen LogP contribution >= 0.6 is 0 Å². The third-order valence-corrected chi connectivity index (χ3v) is 7.23. The molecule has 3 aromatic rings. The second-order valence-corrected chi connectivity index (χ2v) is 9.71. The molecule has 0 bridgehead atoms. The van der Waals surface area contributed by atoms with Crippen molar-refractivity contribution in [2.45, 2.75) is 51.9 Å². The molecule has 4 nitrogen and oxygen atoms in total. The Kier molecular flexibility index (Phi) is 7.37. The number of rotatable bonds is 7. The van der Waals surface area contributed by atoms with Crippen LogP contribution in [0, 0.1) is 0 Å². The Morgan fingerprint density at radius 1 is 0.706 bits per heavy atom. The Labute approximate surface area is 203 Å². The molecule has 0 aliphatic carbocycles. The van der Waals surface area contributed by atoms with Crippen LogP contribution in [0.25, 0.3) is 0 Å². The Bertz CT molecular complexity index is 1100. The number of amides is 1. The SMILES string of the molecule is O=C(NCc1ccccc1CN1CCCCC1)c1ccc(CN2CCc3ccccc3C2)cc1. The molecule has 34 heavy (non-hydrogen) atoms. The highest BCUT2D eigenvalue weighted by molar-refractivity contribution is 5.94. The number of benzene rings is 3. The molecule has 0 spiro atoms. The fourth-order valence-corrected chi connectivity index (χ4v) is 5.23. The van der Waals surface area contributed by atoms with Crippen molar-refractivity contribution in [1.82, 2.24) is 15.1 Å². The molecule has 1 N–H and O–H groups in total. The number of carbonyl (C=O) groups excluding carboxylic acids is 1. The number of nitrogens with one attached hydrogen (secondary N) is 1. The van der Waals surface area contributed by atoms with Crippen molar-refractivity contribution in [2.24, 2.45) is 0 Å². The van der Waals surface area contributed by atoms with E-state index in [0.29, 0.717) is 6.54 Å². The van der Waals surface area contributed by atoms with Gasteiger partial charge in [0.2, 0.25) is 0 Å². The monoisotopic (exact) mass is 453 g/mol. The van der Waals surface area contributed by atoms with Gasteiger partial charge in [0.05, 0.1) is 0 Å². The van der Waals surface area contributed by atoms with Crippen LogP contribution in [0.3, 0.4) is 0 Å². The lowest BCUT2D eigenvalue weighted by Gasteiger charge is -2.28. The van der Waals surface area contributed by atoms with Crippen molar-refractivity contribution in [3.63, 3.8) is 0 Å². The van der Waals surface area contributed by atoms with Gasteiger partial charge in [-0.25, -0.2) is 0 Å². The molecular formula is C30H35N3O. The Morgan fingerprint density at radius 2 is 1.41 bits per heavy atom. The van der Waals surface area contributed by atoms with Crippen LogP contribution in [0.2, 0.25) is 0 Å². The Morgan fingerprint density at radius 3 is 2.21 bits per heavy atom. The number of likely N-dealkylation sites (tertiary alicyclic amines) is 1. The highest BCUT2D eigenvalue weighted by Gasteiger charge is 2.16. The van der Waals surface area contributed by atoms with Crippen LogP contribution in [0.1, 0.15) is 57.4 Å². The second kappa shape index (κ2) is 11.0. The van der Waals surface area contributed by atoms with Crippen LogP contribution in [0.5, 0.6) is 0 Å². The maximum absolute atomic E-state index is 12.8. The maximum Gasteiger partial charge on any atom is 0.251 e. The summed E-state index contributed by atoms with van der Waals surface area (Å²) in [5.74, 6) is -0.00812. The molecule has 0 radical (unpaired) electrons. The number of nitrogens with zero attached hydrogens (tertiary/aromatic N) is 2. The van der Waals surface area contributed by atoms with Crippen molar-refractivity contribution in [3.05, 3.63) is 106 Å². The van der Waals surface area contributed by atoms with Crippen LogP contribution in [-0.2, 0) is 32.6 Å². The maximum atomic E-state index is 12.8. The average molecular weight is 454 g/mol. The molecule has 2 aliphatic heterocycles. The van der Waals surface area contributed by atoms with Crippen molar-refractivity contribution in [3.8, 4) is 0 Å². The number of carbonyl (C=O) groups is 1. The van der Waals surface area contributed by atoms with Gasteiger partial charge in [-0.15, -0.1) is 0 Å². The molecule has 0 saturated carbocycles. The van der Waals surface area contributed by atoms with E-state index in [4.69, 9.17) is 0 Å². The number of fused-ring (bicyclic) bond motifs is 1. The first kappa shape index (κ1) is 22.8. The predicted octanol–water partition coefficient (Wildman–Crippen LogP) is 5.16. The third-order valence-electron chi connectivity index (χ3n) is 7.23. The highest BCUT2D eigenvalue weighted by Crippen LogP contribution is 2.21. The van der Waals surface area contributed by atoms with Crippen LogP contribution in [0.15, 0.2) is 72.8 Å². The van der Waals surface area contributed by atoms with Gasteiger partial charge in [-0.3, -0.25) is 14.6 Å². The summed E-state index contributed by atoms with van der Waals surface area (Å²) in [5.41, 5.74) is 7.42. The molecule has 1 fully saturated rings. The standard InChI is InChI=1S/C30H35N3O/c34-30(31-20-27-9-3-5-11-29(27)22-32-17-6-1-7-18-32)26-14-12-24(13-15-26)21-33-19-16-25-8-2-4-10-28(25)23-33/h2-5,8-15H,1,6-7,16-23H2,(H,31,34). The van der Waals surface area contributed by atoms with Crippen molar-refractivity contribution in [1.29, 1.82) is 0 Å². The Balaban J connectivity index is 1.15. The quantitative estimate of drug-likeness (QED) is 0.537. The summed E-state index contributed by atoms with van der Waals surface area (Å²) >= 11 is 0. The van der Waals surface area contributed by atoms with Gasteiger partial charge in [0.1, 0.15) is 0 Å². The third kappa shape index (κ3) is 5.75. The zero-order valence-corrected chi connectivity index (χ0v) is 20.0. The fourth-order valence-electron chi connectivity index (χ4n) is 5.23. The average Bonchev–Trinajstić information content (AvgIpc) is 2.89. The summed E-state index contributed by atoms with van der Waals surface area (Å²) in [5, 5.41) is 3.14. The summed E-state index contributed by atoms with van der Waals surface area (Å²) in [4.78, 5) is 17.8. The first-order valence-corrected chi connectivity index (χ1v) is 12.7. The van der Waals surface area contributed by atoms with E-state index in [1.54, 1.807) is 0 Å². The van der Waals surface area contributed by atoms with Gasteiger partial charge < -0.3 is 5.32 Å². The van der Waals surface area contributed by atoms with Gasteiger partial charge in [0.15, 0.2) is 0 Å². The Hall–Kier alpha value is -2.95.